The third-order valence-corrected chi connectivity index (χ3v) is 3.50. The molecule has 0 aliphatic heterocycles. The summed E-state index contributed by atoms with van der Waals surface area (Å²) in [7, 11) is 5.64. The van der Waals surface area contributed by atoms with Crippen molar-refractivity contribution in [2.45, 2.75) is 0 Å². The van der Waals surface area contributed by atoms with Crippen LogP contribution in [0.5, 0.6) is 5.75 Å². The van der Waals surface area contributed by atoms with Crippen LogP contribution in [0, 0.1) is 0 Å². The minimum Gasteiger partial charge on any atom is -0.497 e. The first-order valence-corrected chi connectivity index (χ1v) is 6.69. The summed E-state index contributed by atoms with van der Waals surface area (Å²) in [6, 6.07) is 11.7. The number of aromatic nitrogens is 2. The highest BCUT2D eigenvalue weighted by atomic mass is 16.5. The molecule has 0 aliphatic carbocycles. The summed E-state index contributed by atoms with van der Waals surface area (Å²) >= 11 is 0. The molecule has 3 rings (SSSR count). The number of fused-ring (bicyclic) bond motifs is 1. The molecule has 108 valence electrons. The number of nitrogens with zero attached hydrogens (tertiary/aromatic N) is 3. The number of ether oxygens (including phenoxy) is 1. The fourth-order valence-electron chi connectivity index (χ4n) is 2.30. The van der Waals surface area contributed by atoms with Gasteiger partial charge in [-0.25, -0.2) is 4.98 Å². The number of rotatable bonds is 3. The van der Waals surface area contributed by atoms with Crippen LogP contribution in [0.1, 0.15) is 0 Å². The Morgan fingerprint density at radius 2 is 2.00 bits per heavy atom. The van der Waals surface area contributed by atoms with Gasteiger partial charge >= 0.3 is 0 Å². The van der Waals surface area contributed by atoms with Crippen molar-refractivity contribution in [2.24, 2.45) is 0 Å². The maximum Gasteiger partial charge on any atom is 0.139 e. The molecule has 2 N–H and O–H groups in total. The summed E-state index contributed by atoms with van der Waals surface area (Å²) in [5.74, 6) is 1.42. The van der Waals surface area contributed by atoms with Crippen molar-refractivity contribution >= 4 is 17.2 Å². The van der Waals surface area contributed by atoms with Gasteiger partial charge in [0.2, 0.25) is 0 Å². The average molecular weight is 282 g/mol. The number of methoxy groups -OCH3 is 1. The molecule has 0 fully saturated rings. The number of nitrogen functional groups attached to an aromatic ring is 1. The van der Waals surface area contributed by atoms with Gasteiger partial charge in [0.05, 0.1) is 12.8 Å². The van der Waals surface area contributed by atoms with E-state index in [-0.39, 0.29) is 0 Å². The normalized spacial score (nSPS) is 10.8. The summed E-state index contributed by atoms with van der Waals surface area (Å²) < 4.78 is 7.17. The second-order valence-corrected chi connectivity index (χ2v) is 5.09. The molecule has 0 atom stereocenters. The Kier molecular flexibility index (Phi) is 3.17. The molecule has 21 heavy (non-hydrogen) atoms. The summed E-state index contributed by atoms with van der Waals surface area (Å²) in [5.41, 5.74) is 9.89. The van der Waals surface area contributed by atoms with Gasteiger partial charge in [-0.3, -0.25) is 4.40 Å². The highest BCUT2D eigenvalue weighted by Crippen LogP contribution is 2.29. The van der Waals surface area contributed by atoms with E-state index in [9.17, 15) is 0 Å². The van der Waals surface area contributed by atoms with Gasteiger partial charge in [-0.1, -0.05) is 12.1 Å². The van der Waals surface area contributed by atoms with E-state index in [1.54, 1.807) is 7.11 Å². The number of anilines is 2. The third-order valence-electron chi connectivity index (χ3n) is 3.50. The van der Waals surface area contributed by atoms with Gasteiger partial charge in [-0.15, -0.1) is 0 Å². The lowest BCUT2D eigenvalue weighted by molar-refractivity contribution is 0.415. The predicted octanol–water partition coefficient (Wildman–Crippen LogP) is 2.66. The zero-order chi connectivity index (χ0) is 15.0. The molecule has 0 saturated carbocycles. The molecular weight excluding hydrogens is 264 g/mol. The molecule has 5 nitrogen and oxygen atoms in total. The van der Waals surface area contributed by atoms with Crippen molar-refractivity contribution in [2.75, 3.05) is 31.8 Å². The van der Waals surface area contributed by atoms with Crippen molar-refractivity contribution in [3.05, 3.63) is 42.6 Å². The van der Waals surface area contributed by atoms with Crippen LogP contribution in [-0.4, -0.2) is 30.6 Å². The van der Waals surface area contributed by atoms with Gasteiger partial charge in [0.1, 0.15) is 22.9 Å². The quantitative estimate of drug-likeness (QED) is 0.802. The third kappa shape index (κ3) is 2.27. The Bertz CT molecular complexity index is 792. The number of pyridine rings is 1. The molecule has 0 saturated heterocycles. The minimum absolute atomic E-state index is 0.627. The van der Waals surface area contributed by atoms with Crippen LogP contribution < -0.4 is 15.4 Å². The van der Waals surface area contributed by atoms with Crippen molar-refractivity contribution in [1.82, 2.24) is 9.38 Å². The van der Waals surface area contributed by atoms with E-state index in [0.717, 1.165) is 28.3 Å². The monoisotopic (exact) mass is 282 g/mol. The molecule has 0 bridgehead atoms. The molecule has 0 radical (unpaired) electrons. The van der Waals surface area contributed by atoms with Crippen molar-refractivity contribution in [3.63, 3.8) is 0 Å². The number of imidazole rings is 1. The highest BCUT2D eigenvalue weighted by Gasteiger charge is 2.12. The first-order valence-electron chi connectivity index (χ1n) is 6.69. The van der Waals surface area contributed by atoms with Crippen molar-refractivity contribution < 1.29 is 4.74 Å². The summed E-state index contributed by atoms with van der Waals surface area (Å²) in [4.78, 5) is 6.65. The first-order chi connectivity index (χ1) is 10.1. The fraction of sp³-hybridized carbons (Fsp3) is 0.188. The van der Waals surface area contributed by atoms with E-state index in [0.29, 0.717) is 5.82 Å². The van der Waals surface area contributed by atoms with Crippen molar-refractivity contribution in [1.29, 1.82) is 0 Å². The van der Waals surface area contributed by atoms with Gasteiger partial charge in [0.25, 0.3) is 0 Å². The van der Waals surface area contributed by atoms with Crippen LogP contribution in [0.2, 0.25) is 0 Å². The molecule has 2 heterocycles. The molecule has 5 heteroatoms. The van der Waals surface area contributed by atoms with Crippen LogP contribution >= 0.6 is 0 Å². The van der Waals surface area contributed by atoms with Crippen LogP contribution in [0.25, 0.3) is 16.9 Å². The number of hydrogen-bond acceptors (Lipinski definition) is 4. The molecule has 1 aromatic carbocycles. The Morgan fingerprint density at radius 1 is 1.19 bits per heavy atom. The zero-order valence-electron chi connectivity index (χ0n) is 12.4. The molecular formula is C16H18N4O. The highest BCUT2D eigenvalue weighted by molar-refractivity contribution is 5.76. The Morgan fingerprint density at radius 3 is 2.71 bits per heavy atom. The molecule has 2 aromatic heterocycles. The summed E-state index contributed by atoms with van der Waals surface area (Å²) in [6.45, 7) is 0. The van der Waals surface area contributed by atoms with Crippen LogP contribution in [0.3, 0.4) is 0 Å². The second kappa shape index (κ2) is 5.01. The SMILES string of the molecule is COc1cccc(-c2nc3ccc(N(C)C)cn3c2N)c1. The molecule has 0 spiro atoms. The average Bonchev–Trinajstić information content (AvgIpc) is 2.84. The Labute approximate surface area is 123 Å². The summed E-state index contributed by atoms with van der Waals surface area (Å²) in [6.07, 6.45) is 1.99. The van der Waals surface area contributed by atoms with Gasteiger partial charge in [0.15, 0.2) is 0 Å². The van der Waals surface area contributed by atoms with Crippen LogP contribution in [0.4, 0.5) is 11.5 Å². The van der Waals surface area contributed by atoms with E-state index >= 15 is 0 Å². The number of benzene rings is 1. The lowest BCUT2D eigenvalue weighted by Gasteiger charge is -2.12. The lowest BCUT2D eigenvalue weighted by atomic mass is 10.1. The number of hydrogen-bond donors (Lipinski definition) is 1. The molecule has 3 aromatic rings. The zero-order valence-corrected chi connectivity index (χ0v) is 12.4. The lowest BCUT2D eigenvalue weighted by Crippen LogP contribution is -2.09. The largest absolute Gasteiger partial charge is 0.497 e. The number of nitrogens with two attached hydrogens (primary N) is 1. The molecule has 0 amide bonds. The van der Waals surface area contributed by atoms with E-state index < -0.39 is 0 Å². The van der Waals surface area contributed by atoms with E-state index in [2.05, 4.69) is 4.98 Å². The maximum absolute atomic E-state index is 6.27. The fourth-order valence-corrected chi connectivity index (χ4v) is 2.30. The van der Waals surface area contributed by atoms with Gasteiger partial charge in [0, 0.05) is 25.9 Å². The van der Waals surface area contributed by atoms with Gasteiger partial charge in [-0.2, -0.15) is 0 Å². The Balaban J connectivity index is 2.17. The smallest absolute Gasteiger partial charge is 0.139 e. The second-order valence-electron chi connectivity index (χ2n) is 5.09. The molecule has 0 unspecified atom stereocenters. The summed E-state index contributed by atoms with van der Waals surface area (Å²) in [5, 5.41) is 0. The van der Waals surface area contributed by atoms with Gasteiger partial charge in [-0.05, 0) is 24.3 Å². The van der Waals surface area contributed by atoms with Crippen LogP contribution in [0.15, 0.2) is 42.6 Å². The Hall–Kier alpha value is -2.69. The maximum atomic E-state index is 6.27. The topological polar surface area (TPSA) is 55.8 Å². The van der Waals surface area contributed by atoms with E-state index in [4.69, 9.17) is 10.5 Å². The van der Waals surface area contributed by atoms with E-state index in [1.165, 1.54) is 0 Å². The van der Waals surface area contributed by atoms with Crippen LogP contribution in [-0.2, 0) is 0 Å². The van der Waals surface area contributed by atoms with Gasteiger partial charge < -0.3 is 15.4 Å². The standard InChI is InChI=1S/C16H18N4O/c1-19(2)12-7-8-14-18-15(16(17)20(14)10-12)11-5-4-6-13(9-11)21-3/h4-10H,17H2,1-3H3. The predicted molar refractivity (Wildman–Crippen MR) is 85.9 cm³/mol. The van der Waals surface area contributed by atoms with Crippen molar-refractivity contribution in [3.8, 4) is 17.0 Å². The minimum atomic E-state index is 0.627. The first kappa shape index (κ1) is 13.3. The molecule has 0 aliphatic rings. The van der Waals surface area contributed by atoms with E-state index in [1.807, 2.05) is 66.0 Å².